The second kappa shape index (κ2) is 7.95. The van der Waals surface area contributed by atoms with Crippen LogP contribution in [-0.4, -0.2) is 37.3 Å². The van der Waals surface area contributed by atoms with Gasteiger partial charge in [-0.1, -0.05) is 11.6 Å². The van der Waals surface area contributed by atoms with Crippen molar-refractivity contribution in [1.82, 2.24) is 9.32 Å². The molecular formula is C17H15ClN5O4PS+2. The summed E-state index contributed by atoms with van der Waals surface area (Å²) in [6.45, 7) is 2.59. The van der Waals surface area contributed by atoms with Gasteiger partial charge in [-0.15, -0.1) is 11.3 Å². The number of fused-ring (bicyclic) bond motifs is 1. The lowest BCUT2D eigenvalue weighted by Gasteiger charge is -2.03. The molecule has 0 aliphatic heterocycles. The van der Waals surface area contributed by atoms with Crippen molar-refractivity contribution in [1.29, 1.82) is 5.26 Å². The Kier molecular flexibility index (Phi) is 5.75. The second-order valence-electron chi connectivity index (χ2n) is 5.88. The van der Waals surface area contributed by atoms with Crippen molar-refractivity contribution in [3.63, 3.8) is 0 Å². The minimum Gasteiger partial charge on any atom is -0.286 e. The summed E-state index contributed by atoms with van der Waals surface area (Å²) in [5.74, 6) is -0.531. The molecule has 0 aliphatic rings. The SMILES string of the molecule is CC[N+](=O)P(=O)(n1cc(C(=O)c2nc(C#N)cs2)c2cc(Cl)ccc21)[N+](=O)CC. The van der Waals surface area contributed by atoms with Gasteiger partial charge in [0.05, 0.1) is 11.1 Å². The normalized spacial score (nSPS) is 11.4. The van der Waals surface area contributed by atoms with Gasteiger partial charge in [-0.2, -0.15) is 14.2 Å². The first-order valence-electron chi connectivity index (χ1n) is 8.50. The van der Waals surface area contributed by atoms with E-state index in [1.54, 1.807) is 0 Å². The highest BCUT2D eigenvalue weighted by Gasteiger charge is 2.59. The lowest BCUT2D eigenvalue weighted by Crippen LogP contribution is -2.20. The molecule has 148 valence electrons. The molecule has 12 heteroatoms. The van der Waals surface area contributed by atoms with Crippen LogP contribution in [0.25, 0.3) is 10.9 Å². The van der Waals surface area contributed by atoms with E-state index in [-0.39, 0.29) is 43.9 Å². The Labute approximate surface area is 174 Å². The zero-order valence-corrected chi connectivity index (χ0v) is 17.9. The van der Waals surface area contributed by atoms with Crippen LogP contribution >= 0.6 is 30.5 Å². The van der Waals surface area contributed by atoms with E-state index in [1.807, 2.05) is 6.07 Å². The number of carbonyl (C=O) groups excluding carboxylic acids is 1. The van der Waals surface area contributed by atoms with Gasteiger partial charge in [-0.25, -0.2) is 4.98 Å². The third-order valence-corrected chi connectivity index (χ3v) is 7.90. The van der Waals surface area contributed by atoms with Crippen LogP contribution in [0.2, 0.25) is 5.02 Å². The number of carbonyl (C=O) groups is 1. The Morgan fingerprint density at radius 1 is 1.31 bits per heavy atom. The fourth-order valence-electron chi connectivity index (χ4n) is 2.82. The molecule has 2 aromatic heterocycles. The molecule has 29 heavy (non-hydrogen) atoms. The van der Waals surface area contributed by atoms with Gasteiger partial charge in [-0.3, -0.25) is 4.79 Å². The van der Waals surface area contributed by atoms with Crippen LogP contribution in [0.5, 0.6) is 0 Å². The van der Waals surface area contributed by atoms with E-state index >= 15 is 0 Å². The van der Waals surface area contributed by atoms with Crippen molar-refractivity contribution >= 4 is 47.2 Å². The molecule has 0 saturated carbocycles. The number of halogens is 1. The molecule has 0 bridgehead atoms. The number of aromatic nitrogens is 2. The molecule has 1 aromatic carbocycles. The van der Waals surface area contributed by atoms with Gasteiger partial charge in [0.25, 0.3) is 0 Å². The highest BCUT2D eigenvalue weighted by atomic mass is 35.5. The Morgan fingerprint density at radius 2 is 1.97 bits per heavy atom. The maximum atomic E-state index is 13.6. The Bertz CT molecular complexity index is 1240. The maximum Gasteiger partial charge on any atom is 0.780 e. The van der Waals surface area contributed by atoms with E-state index in [1.165, 1.54) is 43.6 Å². The average Bonchev–Trinajstić information content (AvgIpc) is 3.36. The molecule has 0 N–H and O–H groups in total. The molecular weight excluding hydrogens is 437 g/mol. The zero-order valence-electron chi connectivity index (χ0n) is 15.4. The van der Waals surface area contributed by atoms with E-state index in [0.29, 0.717) is 10.4 Å². The predicted molar refractivity (Wildman–Crippen MR) is 109 cm³/mol. The van der Waals surface area contributed by atoms with Gasteiger partial charge >= 0.3 is 7.59 Å². The number of nitriles is 1. The van der Waals surface area contributed by atoms with Crippen molar-refractivity contribution in [2.24, 2.45) is 0 Å². The lowest BCUT2D eigenvalue weighted by molar-refractivity contribution is -0.511. The number of benzene rings is 1. The first kappa shape index (κ1) is 21.0. The fraction of sp³-hybridized carbons (Fsp3) is 0.235. The summed E-state index contributed by atoms with van der Waals surface area (Å²) in [7, 11) is -4.32. The van der Waals surface area contributed by atoms with Crippen molar-refractivity contribution in [2.75, 3.05) is 13.1 Å². The highest BCUT2D eigenvalue weighted by molar-refractivity contribution is 7.49. The summed E-state index contributed by atoms with van der Waals surface area (Å²) in [6, 6.07) is 6.36. The summed E-state index contributed by atoms with van der Waals surface area (Å²) in [6.07, 6.45) is 1.22. The molecule has 2 heterocycles. The number of rotatable bonds is 7. The topological polar surface area (TPSA) is 116 Å². The Balaban J connectivity index is 2.32. The van der Waals surface area contributed by atoms with Gasteiger partial charge in [-0.05, 0) is 32.0 Å². The zero-order chi connectivity index (χ0) is 21.3. The predicted octanol–water partition coefficient (Wildman–Crippen LogP) is 4.41. The average molecular weight is 452 g/mol. The molecule has 0 atom stereocenters. The van der Waals surface area contributed by atoms with Gasteiger partial charge in [0.2, 0.25) is 18.9 Å². The number of thiazole rings is 1. The van der Waals surface area contributed by atoms with Crippen molar-refractivity contribution in [3.8, 4) is 6.07 Å². The minimum absolute atomic E-state index is 0.0550. The first-order valence-corrected chi connectivity index (χ1v) is 11.3. The largest absolute Gasteiger partial charge is 0.780 e. The second-order valence-corrected chi connectivity index (χ2v) is 9.52. The van der Waals surface area contributed by atoms with Gasteiger partial charge in [0, 0.05) is 31.8 Å². The molecule has 0 radical (unpaired) electrons. The third kappa shape index (κ3) is 3.42. The number of ketones is 1. The maximum absolute atomic E-state index is 13.6. The van der Waals surface area contributed by atoms with E-state index in [0.717, 1.165) is 15.7 Å². The van der Waals surface area contributed by atoms with Gasteiger partial charge in [0.1, 0.15) is 15.1 Å². The molecule has 0 unspecified atom stereocenters. The third-order valence-electron chi connectivity index (χ3n) is 4.21. The van der Waals surface area contributed by atoms with Crippen LogP contribution in [0.15, 0.2) is 29.8 Å². The quantitative estimate of drug-likeness (QED) is 0.388. The van der Waals surface area contributed by atoms with Gasteiger partial charge < -0.3 is 0 Å². The van der Waals surface area contributed by atoms with E-state index in [4.69, 9.17) is 16.9 Å². The van der Waals surface area contributed by atoms with Crippen LogP contribution in [0.3, 0.4) is 0 Å². The van der Waals surface area contributed by atoms with Crippen molar-refractivity contribution < 1.29 is 18.4 Å². The van der Waals surface area contributed by atoms with E-state index in [9.17, 15) is 19.2 Å². The molecule has 0 spiro atoms. The van der Waals surface area contributed by atoms with Crippen LogP contribution in [0.1, 0.15) is 34.9 Å². The molecule has 3 rings (SSSR count). The minimum atomic E-state index is -4.32. The molecule has 0 fully saturated rings. The molecule has 0 amide bonds. The highest BCUT2D eigenvalue weighted by Crippen LogP contribution is 2.51. The molecule has 0 saturated heterocycles. The summed E-state index contributed by atoms with van der Waals surface area (Å²) < 4.78 is 15.1. The van der Waals surface area contributed by atoms with E-state index < -0.39 is 13.4 Å². The van der Waals surface area contributed by atoms with Crippen molar-refractivity contribution in [2.45, 2.75) is 13.8 Å². The fourth-order valence-corrected chi connectivity index (χ4v) is 5.80. The number of nitroso groups, excluding NO2 is 2. The summed E-state index contributed by atoms with van der Waals surface area (Å²) >= 11 is 7.07. The standard InChI is InChI=1S/C17H15ClN5O4PS/c1-3-22(25)28(27,23(26)4-2)21-9-14(13-7-11(18)5-6-15(13)21)16(24)17-20-12(8-19)10-29-17/h5-7,9-10H,3-4H2,1-2H3/q+2. The van der Waals surface area contributed by atoms with Crippen LogP contribution in [-0.2, 0) is 4.57 Å². The molecule has 9 nitrogen and oxygen atoms in total. The Hall–Kier alpha value is -2.73. The van der Waals surface area contributed by atoms with Crippen LogP contribution in [0.4, 0.5) is 0 Å². The van der Waals surface area contributed by atoms with Gasteiger partial charge in [0.15, 0.2) is 10.7 Å². The summed E-state index contributed by atoms with van der Waals surface area (Å²) in [4.78, 5) is 41.9. The lowest BCUT2D eigenvalue weighted by atomic mass is 10.1. The smallest absolute Gasteiger partial charge is 0.286 e. The summed E-state index contributed by atoms with van der Waals surface area (Å²) in [5.41, 5.74) is 0.427. The number of hydrogen-bond donors (Lipinski definition) is 0. The number of hydrogen-bond acceptors (Lipinski definition) is 7. The molecule has 0 aliphatic carbocycles. The van der Waals surface area contributed by atoms with Crippen molar-refractivity contribution in [3.05, 3.63) is 60.9 Å². The molecule has 3 aromatic rings. The first-order chi connectivity index (χ1) is 13.8. The van der Waals surface area contributed by atoms with Crippen LogP contribution < -0.4 is 0 Å². The monoisotopic (exact) mass is 451 g/mol. The van der Waals surface area contributed by atoms with E-state index in [2.05, 4.69) is 4.98 Å². The number of nitrogens with zero attached hydrogens (tertiary/aromatic N) is 5. The van der Waals surface area contributed by atoms with Crippen LogP contribution in [0, 0.1) is 21.1 Å². The summed E-state index contributed by atoms with van der Waals surface area (Å²) in [5, 5.41) is 11.1. The Morgan fingerprint density at radius 3 is 2.52 bits per heavy atom.